The lowest BCUT2D eigenvalue weighted by molar-refractivity contribution is -0.0442. The summed E-state index contributed by atoms with van der Waals surface area (Å²) in [5.41, 5.74) is 2.10. The number of hydrogen-bond donors (Lipinski definition) is 0. The molecule has 1 aromatic carbocycles. The predicted octanol–water partition coefficient (Wildman–Crippen LogP) is 2.81. The number of methoxy groups -OCH3 is 1. The molecule has 2 rings (SSSR count). The molecular weight excluding hydrogens is 260 g/mol. The summed E-state index contributed by atoms with van der Waals surface area (Å²) in [6.45, 7) is 3.32. The molecule has 0 N–H and O–H groups in total. The molecule has 0 aromatic heterocycles. The van der Waals surface area contributed by atoms with Crippen LogP contribution >= 0.6 is 15.9 Å². The summed E-state index contributed by atoms with van der Waals surface area (Å²) in [6, 6.07) is 4.00. The number of halogens is 1. The number of ether oxygens (including phenoxy) is 3. The van der Waals surface area contributed by atoms with Crippen LogP contribution < -0.4 is 4.74 Å². The van der Waals surface area contributed by atoms with E-state index in [0.717, 1.165) is 21.3 Å². The van der Waals surface area contributed by atoms with Crippen molar-refractivity contribution in [2.45, 2.75) is 13.2 Å². The minimum atomic E-state index is -0.231. The maximum absolute atomic E-state index is 5.44. The van der Waals surface area contributed by atoms with Crippen LogP contribution in [0.3, 0.4) is 0 Å². The summed E-state index contributed by atoms with van der Waals surface area (Å²) in [5, 5.41) is 0. The van der Waals surface area contributed by atoms with Crippen LogP contribution in [0.2, 0.25) is 0 Å². The largest absolute Gasteiger partial charge is 0.495 e. The summed E-state index contributed by atoms with van der Waals surface area (Å²) in [4.78, 5) is 0. The Morgan fingerprint density at radius 1 is 1.33 bits per heavy atom. The summed E-state index contributed by atoms with van der Waals surface area (Å²) >= 11 is 3.47. The number of rotatable bonds is 2. The quantitative estimate of drug-likeness (QED) is 0.829. The Bertz CT molecular complexity index is 336. The van der Waals surface area contributed by atoms with E-state index in [1.807, 2.05) is 19.1 Å². The Hall–Kier alpha value is -0.580. The van der Waals surface area contributed by atoms with Crippen molar-refractivity contribution in [3.8, 4) is 5.75 Å². The van der Waals surface area contributed by atoms with E-state index >= 15 is 0 Å². The first-order chi connectivity index (χ1) is 7.22. The third-order valence-electron chi connectivity index (χ3n) is 2.35. The third kappa shape index (κ3) is 2.17. The van der Waals surface area contributed by atoms with Gasteiger partial charge >= 0.3 is 0 Å². The van der Waals surface area contributed by atoms with Crippen LogP contribution in [0, 0.1) is 6.92 Å². The van der Waals surface area contributed by atoms with Gasteiger partial charge in [0.05, 0.1) is 24.8 Å². The van der Waals surface area contributed by atoms with E-state index in [-0.39, 0.29) is 6.29 Å². The lowest BCUT2D eigenvalue weighted by Gasteiger charge is -2.13. The van der Waals surface area contributed by atoms with Crippen LogP contribution in [-0.4, -0.2) is 20.3 Å². The smallest absolute Gasteiger partial charge is 0.184 e. The summed E-state index contributed by atoms with van der Waals surface area (Å²) in [7, 11) is 1.66. The van der Waals surface area contributed by atoms with Crippen molar-refractivity contribution in [2.75, 3.05) is 20.3 Å². The Kier molecular flexibility index (Phi) is 3.29. The van der Waals surface area contributed by atoms with Crippen LogP contribution in [-0.2, 0) is 9.47 Å². The van der Waals surface area contributed by atoms with Gasteiger partial charge in [-0.2, -0.15) is 0 Å². The fourth-order valence-corrected chi connectivity index (χ4v) is 2.44. The first-order valence-corrected chi connectivity index (χ1v) is 5.59. The van der Waals surface area contributed by atoms with Crippen molar-refractivity contribution in [1.82, 2.24) is 0 Å². The second-order valence-electron chi connectivity index (χ2n) is 3.43. The van der Waals surface area contributed by atoms with Crippen LogP contribution in [0.1, 0.15) is 17.4 Å². The molecule has 0 spiro atoms. The molecule has 0 unspecified atom stereocenters. The maximum Gasteiger partial charge on any atom is 0.184 e. The molecular formula is C11H13BrO3. The Labute approximate surface area is 97.5 Å². The van der Waals surface area contributed by atoms with Crippen molar-refractivity contribution in [2.24, 2.45) is 0 Å². The number of benzene rings is 1. The van der Waals surface area contributed by atoms with Gasteiger partial charge in [-0.3, -0.25) is 0 Å². The minimum absolute atomic E-state index is 0.231. The average molecular weight is 273 g/mol. The zero-order valence-electron chi connectivity index (χ0n) is 8.75. The summed E-state index contributed by atoms with van der Waals surface area (Å²) in [6.07, 6.45) is -0.231. The average Bonchev–Trinajstić information content (AvgIpc) is 2.69. The normalized spacial score (nSPS) is 17.0. The van der Waals surface area contributed by atoms with Crippen molar-refractivity contribution in [1.29, 1.82) is 0 Å². The van der Waals surface area contributed by atoms with Gasteiger partial charge in [-0.15, -0.1) is 0 Å². The van der Waals surface area contributed by atoms with Gasteiger partial charge in [0.1, 0.15) is 5.75 Å². The van der Waals surface area contributed by atoms with Crippen LogP contribution in [0.4, 0.5) is 0 Å². The summed E-state index contributed by atoms with van der Waals surface area (Å²) in [5.74, 6) is 0.858. The van der Waals surface area contributed by atoms with E-state index in [1.54, 1.807) is 7.11 Å². The standard InChI is InChI=1S/C11H13BrO3/c1-7-5-8(11-14-3-4-15-11)6-9(12)10(7)13-2/h5-6,11H,3-4H2,1-2H3. The highest BCUT2D eigenvalue weighted by atomic mass is 79.9. The van der Waals surface area contributed by atoms with Gasteiger partial charge in [0.2, 0.25) is 0 Å². The number of aryl methyl sites for hydroxylation is 1. The molecule has 0 atom stereocenters. The fraction of sp³-hybridized carbons (Fsp3) is 0.455. The molecule has 4 heteroatoms. The first kappa shape index (κ1) is 10.9. The van der Waals surface area contributed by atoms with Gasteiger partial charge in [-0.1, -0.05) is 0 Å². The molecule has 1 saturated heterocycles. The highest BCUT2D eigenvalue weighted by Crippen LogP contribution is 2.34. The zero-order chi connectivity index (χ0) is 10.8. The van der Waals surface area contributed by atoms with Crippen LogP contribution in [0.25, 0.3) is 0 Å². The maximum atomic E-state index is 5.44. The van der Waals surface area contributed by atoms with E-state index in [0.29, 0.717) is 13.2 Å². The van der Waals surface area contributed by atoms with E-state index in [9.17, 15) is 0 Å². The molecule has 82 valence electrons. The van der Waals surface area contributed by atoms with Crippen molar-refractivity contribution >= 4 is 15.9 Å². The molecule has 1 aromatic rings. The molecule has 1 aliphatic heterocycles. The highest BCUT2D eigenvalue weighted by molar-refractivity contribution is 9.10. The second kappa shape index (κ2) is 4.51. The Morgan fingerprint density at radius 2 is 2.00 bits per heavy atom. The molecule has 1 heterocycles. The van der Waals surface area contributed by atoms with Crippen LogP contribution in [0.5, 0.6) is 5.75 Å². The monoisotopic (exact) mass is 272 g/mol. The number of hydrogen-bond acceptors (Lipinski definition) is 3. The van der Waals surface area contributed by atoms with Crippen LogP contribution in [0.15, 0.2) is 16.6 Å². The molecule has 0 amide bonds. The first-order valence-electron chi connectivity index (χ1n) is 4.79. The molecule has 1 aliphatic rings. The van der Waals surface area contributed by atoms with Gasteiger partial charge in [0, 0.05) is 5.56 Å². The zero-order valence-corrected chi connectivity index (χ0v) is 10.3. The molecule has 1 fully saturated rings. The second-order valence-corrected chi connectivity index (χ2v) is 4.28. The van der Waals surface area contributed by atoms with E-state index < -0.39 is 0 Å². The molecule has 0 saturated carbocycles. The van der Waals surface area contributed by atoms with Gasteiger partial charge in [-0.05, 0) is 40.5 Å². The SMILES string of the molecule is COc1c(C)cc(C2OCCO2)cc1Br. The fourth-order valence-electron chi connectivity index (χ4n) is 1.70. The lowest BCUT2D eigenvalue weighted by atomic mass is 10.1. The van der Waals surface area contributed by atoms with Crippen molar-refractivity contribution < 1.29 is 14.2 Å². The summed E-state index contributed by atoms with van der Waals surface area (Å²) < 4.78 is 17.1. The van der Waals surface area contributed by atoms with Crippen molar-refractivity contribution in [3.63, 3.8) is 0 Å². The molecule has 0 bridgehead atoms. The third-order valence-corrected chi connectivity index (χ3v) is 2.94. The Morgan fingerprint density at radius 3 is 2.53 bits per heavy atom. The van der Waals surface area contributed by atoms with E-state index in [2.05, 4.69) is 15.9 Å². The Balaban J connectivity index is 2.33. The molecule has 0 radical (unpaired) electrons. The van der Waals surface area contributed by atoms with Gasteiger partial charge < -0.3 is 14.2 Å². The van der Waals surface area contributed by atoms with Gasteiger partial charge in [0.15, 0.2) is 6.29 Å². The molecule has 0 aliphatic carbocycles. The predicted molar refractivity (Wildman–Crippen MR) is 60.1 cm³/mol. The van der Waals surface area contributed by atoms with Gasteiger partial charge in [-0.25, -0.2) is 0 Å². The topological polar surface area (TPSA) is 27.7 Å². The molecule has 3 nitrogen and oxygen atoms in total. The minimum Gasteiger partial charge on any atom is -0.495 e. The molecule has 15 heavy (non-hydrogen) atoms. The van der Waals surface area contributed by atoms with E-state index in [1.165, 1.54) is 0 Å². The van der Waals surface area contributed by atoms with Crippen molar-refractivity contribution in [3.05, 3.63) is 27.7 Å². The van der Waals surface area contributed by atoms with E-state index in [4.69, 9.17) is 14.2 Å². The lowest BCUT2D eigenvalue weighted by Crippen LogP contribution is -2.00. The highest BCUT2D eigenvalue weighted by Gasteiger charge is 2.20. The van der Waals surface area contributed by atoms with Gasteiger partial charge in [0.25, 0.3) is 0 Å².